The van der Waals surface area contributed by atoms with Crippen LogP contribution < -0.4 is 5.32 Å². The van der Waals surface area contributed by atoms with Gasteiger partial charge in [-0.25, -0.2) is 0 Å². The van der Waals surface area contributed by atoms with E-state index in [0.717, 1.165) is 0 Å². The predicted octanol–water partition coefficient (Wildman–Crippen LogP) is -0.754. The predicted molar refractivity (Wildman–Crippen MR) is 59.6 cm³/mol. The zero-order valence-electron chi connectivity index (χ0n) is 9.85. The lowest BCUT2D eigenvalue weighted by Gasteiger charge is -2.32. The highest BCUT2D eigenvalue weighted by Gasteiger charge is 2.28. The Morgan fingerprint density at radius 3 is 2.59 bits per heavy atom. The quantitative estimate of drug-likeness (QED) is 0.489. The Kier molecular flexibility index (Phi) is 4.91. The molecule has 0 aromatic carbocycles. The Balaban J connectivity index is 2.41. The largest absolute Gasteiger partial charge is 0.393 e. The van der Waals surface area contributed by atoms with Gasteiger partial charge in [0.15, 0.2) is 0 Å². The number of amides is 2. The van der Waals surface area contributed by atoms with E-state index in [-0.39, 0.29) is 18.6 Å². The first-order valence-electron chi connectivity index (χ1n) is 5.68. The molecule has 0 spiro atoms. The summed E-state index contributed by atoms with van der Waals surface area (Å²) in [4.78, 5) is 24.4. The summed E-state index contributed by atoms with van der Waals surface area (Å²) in [6.07, 6.45) is 1.03. The van der Waals surface area contributed by atoms with Gasteiger partial charge in [0.1, 0.15) is 6.54 Å². The molecule has 6 nitrogen and oxygen atoms in total. The van der Waals surface area contributed by atoms with Crippen LogP contribution in [0.15, 0.2) is 0 Å². The summed E-state index contributed by atoms with van der Waals surface area (Å²) < 4.78 is 0. The normalized spacial score (nSPS) is 18.3. The van der Waals surface area contributed by atoms with Crippen LogP contribution in [0.2, 0.25) is 0 Å². The lowest BCUT2D eigenvalue weighted by Crippen LogP contribution is -2.47. The number of nitrogens with one attached hydrogen (secondary N) is 1. The van der Waals surface area contributed by atoms with Gasteiger partial charge >= 0.3 is 11.8 Å². The zero-order valence-corrected chi connectivity index (χ0v) is 9.85. The second-order valence-corrected chi connectivity index (χ2v) is 4.21. The van der Waals surface area contributed by atoms with Crippen molar-refractivity contribution >= 4 is 11.8 Å². The average molecular weight is 239 g/mol. The van der Waals surface area contributed by atoms with Crippen molar-refractivity contribution in [2.75, 3.05) is 19.6 Å². The molecule has 1 fully saturated rings. The van der Waals surface area contributed by atoms with Gasteiger partial charge in [-0.05, 0) is 25.7 Å². The SMILES string of the molecule is CC(O)C1CCN(C(=O)C(=O)NCC#N)CC1. The summed E-state index contributed by atoms with van der Waals surface area (Å²) in [5.74, 6) is -1.13. The van der Waals surface area contributed by atoms with E-state index in [1.165, 1.54) is 4.90 Å². The molecule has 2 amide bonds. The maximum Gasteiger partial charge on any atom is 0.311 e. The van der Waals surface area contributed by atoms with Crippen molar-refractivity contribution < 1.29 is 14.7 Å². The van der Waals surface area contributed by atoms with Crippen molar-refractivity contribution in [2.45, 2.75) is 25.9 Å². The van der Waals surface area contributed by atoms with Gasteiger partial charge in [-0.1, -0.05) is 0 Å². The van der Waals surface area contributed by atoms with Crippen molar-refractivity contribution in [2.24, 2.45) is 5.92 Å². The molecule has 17 heavy (non-hydrogen) atoms. The van der Waals surface area contributed by atoms with E-state index in [1.54, 1.807) is 13.0 Å². The highest BCUT2D eigenvalue weighted by molar-refractivity contribution is 6.35. The number of nitriles is 1. The third-order valence-corrected chi connectivity index (χ3v) is 3.03. The standard InChI is InChI=1S/C11H17N3O3/c1-8(15)9-2-6-14(7-3-9)11(17)10(16)13-5-4-12/h8-9,15H,2-3,5-7H2,1H3,(H,13,16). The number of carbonyl (C=O) groups excluding carboxylic acids is 2. The van der Waals surface area contributed by atoms with E-state index in [9.17, 15) is 14.7 Å². The van der Waals surface area contributed by atoms with E-state index in [1.807, 2.05) is 0 Å². The van der Waals surface area contributed by atoms with Crippen LogP contribution in [0.5, 0.6) is 0 Å². The number of likely N-dealkylation sites (tertiary alicyclic amines) is 1. The fourth-order valence-corrected chi connectivity index (χ4v) is 1.92. The Morgan fingerprint density at radius 2 is 2.12 bits per heavy atom. The average Bonchev–Trinajstić information content (AvgIpc) is 2.35. The minimum Gasteiger partial charge on any atom is -0.393 e. The Hall–Kier alpha value is -1.61. The summed E-state index contributed by atoms with van der Waals surface area (Å²) in [5, 5.41) is 19.9. The topological polar surface area (TPSA) is 93.4 Å². The van der Waals surface area contributed by atoms with Gasteiger partial charge in [0.2, 0.25) is 0 Å². The Labute approximate surface area is 100 Å². The molecule has 1 aliphatic rings. The molecule has 0 saturated carbocycles. The van der Waals surface area contributed by atoms with Crippen LogP contribution in [-0.2, 0) is 9.59 Å². The maximum absolute atomic E-state index is 11.6. The van der Waals surface area contributed by atoms with Crippen LogP contribution in [0.1, 0.15) is 19.8 Å². The van der Waals surface area contributed by atoms with Gasteiger partial charge in [-0.2, -0.15) is 5.26 Å². The van der Waals surface area contributed by atoms with E-state index >= 15 is 0 Å². The Bertz CT molecular complexity index is 327. The van der Waals surface area contributed by atoms with Gasteiger partial charge in [-0.3, -0.25) is 9.59 Å². The van der Waals surface area contributed by atoms with Gasteiger partial charge in [0.05, 0.1) is 12.2 Å². The smallest absolute Gasteiger partial charge is 0.311 e. The molecule has 0 bridgehead atoms. The van der Waals surface area contributed by atoms with E-state index in [0.29, 0.717) is 25.9 Å². The molecule has 2 N–H and O–H groups in total. The molecule has 0 aromatic rings. The third-order valence-electron chi connectivity index (χ3n) is 3.03. The fourth-order valence-electron chi connectivity index (χ4n) is 1.92. The highest BCUT2D eigenvalue weighted by atomic mass is 16.3. The van der Waals surface area contributed by atoms with Crippen LogP contribution in [-0.4, -0.2) is 47.6 Å². The summed E-state index contributed by atoms with van der Waals surface area (Å²) in [5.41, 5.74) is 0. The summed E-state index contributed by atoms with van der Waals surface area (Å²) in [7, 11) is 0. The van der Waals surface area contributed by atoms with Crippen molar-refractivity contribution in [1.82, 2.24) is 10.2 Å². The van der Waals surface area contributed by atoms with Gasteiger partial charge < -0.3 is 15.3 Å². The van der Waals surface area contributed by atoms with Crippen molar-refractivity contribution in [3.05, 3.63) is 0 Å². The second kappa shape index (κ2) is 6.21. The summed E-state index contributed by atoms with van der Waals surface area (Å²) in [6, 6.07) is 1.74. The first-order valence-corrected chi connectivity index (χ1v) is 5.68. The first kappa shape index (κ1) is 13.5. The third kappa shape index (κ3) is 3.71. The number of piperidine rings is 1. The molecule has 1 atom stereocenters. The molecule has 1 unspecified atom stereocenters. The molecule has 1 saturated heterocycles. The molecule has 0 aliphatic carbocycles. The number of carbonyl (C=O) groups is 2. The second-order valence-electron chi connectivity index (χ2n) is 4.21. The van der Waals surface area contributed by atoms with Crippen molar-refractivity contribution in [3.8, 4) is 6.07 Å². The zero-order chi connectivity index (χ0) is 12.8. The molecule has 6 heteroatoms. The maximum atomic E-state index is 11.6. The first-order chi connectivity index (χ1) is 8.06. The molecule has 94 valence electrons. The van der Waals surface area contributed by atoms with Crippen LogP contribution in [0.3, 0.4) is 0 Å². The van der Waals surface area contributed by atoms with Gasteiger partial charge in [0.25, 0.3) is 0 Å². The molecular formula is C11H17N3O3. The van der Waals surface area contributed by atoms with E-state index < -0.39 is 11.8 Å². The minimum absolute atomic E-state index is 0.158. The monoisotopic (exact) mass is 239 g/mol. The number of nitrogens with zero attached hydrogens (tertiary/aromatic N) is 2. The van der Waals surface area contributed by atoms with Crippen molar-refractivity contribution in [3.63, 3.8) is 0 Å². The molecular weight excluding hydrogens is 222 g/mol. The molecule has 0 aromatic heterocycles. The molecule has 0 radical (unpaired) electrons. The van der Waals surface area contributed by atoms with E-state index in [4.69, 9.17) is 5.26 Å². The minimum atomic E-state index is -0.734. The van der Waals surface area contributed by atoms with Crippen LogP contribution in [0.25, 0.3) is 0 Å². The van der Waals surface area contributed by atoms with Crippen LogP contribution in [0, 0.1) is 17.2 Å². The summed E-state index contributed by atoms with van der Waals surface area (Å²) in [6.45, 7) is 2.54. The number of hydrogen-bond donors (Lipinski definition) is 2. The van der Waals surface area contributed by atoms with Crippen LogP contribution >= 0.6 is 0 Å². The lowest BCUT2D eigenvalue weighted by molar-refractivity contribution is -0.146. The highest BCUT2D eigenvalue weighted by Crippen LogP contribution is 2.20. The Morgan fingerprint density at radius 1 is 1.53 bits per heavy atom. The number of aliphatic hydroxyl groups excluding tert-OH is 1. The molecule has 1 rings (SSSR count). The number of hydrogen-bond acceptors (Lipinski definition) is 4. The fraction of sp³-hybridized carbons (Fsp3) is 0.727. The lowest BCUT2D eigenvalue weighted by atomic mass is 9.92. The van der Waals surface area contributed by atoms with Gasteiger partial charge in [0, 0.05) is 13.1 Å². The van der Waals surface area contributed by atoms with Crippen molar-refractivity contribution in [1.29, 1.82) is 5.26 Å². The van der Waals surface area contributed by atoms with E-state index in [2.05, 4.69) is 5.32 Å². The van der Waals surface area contributed by atoms with Crippen LogP contribution in [0.4, 0.5) is 0 Å². The number of rotatable bonds is 2. The van der Waals surface area contributed by atoms with Gasteiger partial charge in [-0.15, -0.1) is 0 Å². The molecule has 1 heterocycles. The number of aliphatic hydroxyl groups is 1. The molecule has 1 aliphatic heterocycles. The summed E-state index contributed by atoms with van der Waals surface area (Å²) >= 11 is 0.